The van der Waals surface area contributed by atoms with Gasteiger partial charge in [-0.3, -0.25) is 9.58 Å². The molecule has 1 N–H and O–H groups in total. The molecule has 22 heavy (non-hydrogen) atoms. The molecule has 0 amide bonds. The Morgan fingerprint density at radius 2 is 2.27 bits per heavy atom. The highest BCUT2D eigenvalue weighted by Gasteiger charge is 2.30. The van der Waals surface area contributed by atoms with Crippen molar-refractivity contribution in [2.24, 2.45) is 0 Å². The van der Waals surface area contributed by atoms with Crippen LogP contribution >= 0.6 is 0 Å². The van der Waals surface area contributed by atoms with E-state index in [0.717, 1.165) is 24.5 Å². The first-order chi connectivity index (χ1) is 10.6. The van der Waals surface area contributed by atoms with Crippen molar-refractivity contribution in [3.05, 3.63) is 41.6 Å². The lowest BCUT2D eigenvalue weighted by Gasteiger charge is -2.40. The number of aromatic nitrogens is 2. The molecule has 3 rings (SSSR count). The highest BCUT2D eigenvalue weighted by atomic mass is 16.5. The Labute approximate surface area is 130 Å². The van der Waals surface area contributed by atoms with E-state index in [2.05, 4.69) is 27.7 Å². The van der Waals surface area contributed by atoms with Gasteiger partial charge in [0.2, 0.25) is 0 Å². The number of ether oxygens (including phenoxy) is 1. The molecular weight excluding hydrogens is 282 g/mol. The molecule has 1 aliphatic rings. The summed E-state index contributed by atoms with van der Waals surface area (Å²) < 4.78 is 12.7. The van der Waals surface area contributed by atoms with Gasteiger partial charge in [0.05, 0.1) is 30.7 Å². The monoisotopic (exact) mass is 305 g/mol. The summed E-state index contributed by atoms with van der Waals surface area (Å²) in [6.45, 7) is 7.31. The zero-order valence-electron chi connectivity index (χ0n) is 13.1. The summed E-state index contributed by atoms with van der Waals surface area (Å²) in [5.74, 6) is 0.778. The molecule has 1 fully saturated rings. The van der Waals surface area contributed by atoms with E-state index in [-0.39, 0.29) is 0 Å². The summed E-state index contributed by atoms with van der Waals surface area (Å²) >= 11 is 0. The molecule has 2 aromatic rings. The maximum absolute atomic E-state index is 10.0. The molecule has 1 aliphatic heterocycles. The minimum absolute atomic E-state index is 0.321. The van der Waals surface area contributed by atoms with Crippen molar-refractivity contribution in [1.29, 1.82) is 0 Å². The molecule has 0 saturated carbocycles. The predicted octanol–water partition coefficient (Wildman–Crippen LogP) is 1.53. The van der Waals surface area contributed by atoms with Crippen molar-refractivity contribution in [3.63, 3.8) is 0 Å². The average molecular weight is 305 g/mol. The quantitative estimate of drug-likeness (QED) is 0.840. The zero-order valence-corrected chi connectivity index (χ0v) is 13.1. The maximum atomic E-state index is 10.0. The second-order valence-corrected chi connectivity index (χ2v) is 5.99. The van der Waals surface area contributed by atoms with Gasteiger partial charge in [-0.05, 0) is 32.0 Å². The predicted molar refractivity (Wildman–Crippen MR) is 81.5 cm³/mol. The van der Waals surface area contributed by atoms with E-state index in [1.54, 1.807) is 6.26 Å². The van der Waals surface area contributed by atoms with E-state index in [1.165, 1.54) is 5.69 Å². The Morgan fingerprint density at radius 3 is 2.91 bits per heavy atom. The van der Waals surface area contributed by atoms with Gasteiger partial charge in [0, 0.05) is 25.3 Å². The van der Waals surface area contributed by atoms with E-state index in [4.69, 9.17) is 9.15 Å². The molecule has 0 spiro atoms. The minimum Gasteiger partial charge on any atom is -0.467 e. The van der Waals surface area contributed by atoms with Crippen molar-refractivity contribution in [2.75, 3.05) is 26.2 Å². The number of hydrogen-bond donors (Lipinski definition) is 1. The van der Waals surface area contributed by atoms with Gasteiger partial charge in [-0.15, -0.1) is 0 Å². The minimum atomic E-state index is -0.476. The van der Waals surface area contributed by atoms with Crippen molar-refractivity contribution < 1.29 is 14.3 Å². The van der Waals surface area contributed by atoms with E-state index in [1.807, 2.05) is 19.1 Å². The highest BCUT2D eigenvalue weighted by Crippen LogP contribution is 2.22. The number of aliphatic hydroxyl groups is 1. The Morgan fingerprint density at radius 1 is 1.45 bits per heavy atom. The Kier molecular flexibility index (Phi) is 4.61. The Bertz CT molecular complexity index is 588. The Balaban J connectivity index is 1.35. The van der Waals surface area contributed by atoms with Crippen LogP contribution in [0.3, 0.4) is 0 Å². The number of nitrogens with zero attached hydrogens (tertiary/aromatic N) is 3. The molecule has 1 atom stereocenters. The summed E-state index contributed by atoms with van der Waals surface area (Å²) in [7, 11) is 0. The van der Waals surface area contributed by atoms with E-state index >= 15 is 0 Å². The molecule has 3 heterocycles. The van der Waals surface area contributed by atoms with Crippen molar-refractivity contribution in [1.82, 2.24) is 14.7 Å². The number of aryl methyl sites for hydroxylation is 2. The smallest absolute Gasteiger partial charge is 0.129 e. The highest BCUT2D eigenvalue weighted by molar-refractivity contribution is 5.09. The first-order valence-electron chi connectivity index (χ1n) is 7.65. The standard InChI is InChI=1S/C16H23N3O3/c1-12-6-13(2)19(17-12)14-7-18(8-14)9-15(20)10-21-11-16-4-3-5-22-16/h3-6,14-15,20H,7-11H2,1-2H3/t15-/m1/s1. The Hall–Kier alpha value is -1.63. The molecule has 0 unspecified atom stereocenters. The molecule has 6 nitrogen and oxygen atoms in total. The molecule has 1 saturated heterocycles. The molecule has 0 aromatic carbocycles. The normalized spacial score (nSPS) is 17.6. The molecular formula is C16H23N3O3. The molecule has 0 bridgehead atoms. The van der Waals surface area contributed by atoms with Crippen LogP contribution in [0.1, 0.15) is 23.2 Å². The van der Waals surface area contributed by atoms with Gasteiger partial charge in [0.15, 0.2) is 0 Å². The second kappa shape index (κ2) is 6.64. The van der Waals surface area contributed by atoms with Gasteiger partial charge in [0.1, 0.15) is 12.4 Å². The number of hydrogen-bond acceptors (Lipinski definition) is 5. The van der Waals surface area contributed by atoms with Crippen LogP contribution in [-0.4, -0.2) is 52.1 Å². The van der Waals surface area contributed by atoms with Crippen LogP contribution in [0.5, 0.6) is 0 Å². The largest absolute Gasteiger partial charge is 0.467 e. The van der Waals surface area contributed by atoms with Crippen LogP contribution in [0.4, 0.5) is 0 Å². The number of rotatable bonds is 7. The average Bonchev–Trinajstić information content (AvgIpc) is 3.03. The molecule has 0 aliphatic carbocycles. The fourth-order valence-corrected chi connectivity index (χ4v) is 2.90. The van der Waals surface area contributed by atoms with E-state index in [9.17, 15) is 5.11 Å². The summed E-state index contributed by atoms with van der Waals surface area (Å²) in [6.07, 6.45) is 1.14. The SMILES string of the molecule is Cc1cc(C)n(C2CN(C[C@@H](O)COCc3ccco3)C2)n1. The lowest BCUT2D eigenvalue weighted by Crippen LogP contribution is -2.51. The summed E-state index contributed by atoms with van der Waals surface area (Å²) in [4.78, 5) is 2.22. The topological polar surface area (TPSA) is 63.7 Å². The summed E-state index contributed by atoms with van der Waals surface area (Å²) in [6, 6.07) is 6.21. The third kappa shape index (κ3) is 3.58. The number of furan rings is 1. The molecule has 6 heteroatoms. The fourth-order valence-electron chi connectivity index (χ4n) is 2.90. The number of β-amino-alcohol motifs (C(OH)–C–C–N with tert-alkyl or cyclic N) is 1. The molecule has 0 radical (unpaired) electrons. The van der Waals surface area contributed by atoms with Gasteiger partial charge in [-0.1, -0.05) is 0 Å². The van der Waals surface area contributed by atoms with Gasteiger partial charge < -0.3 is 14.3 Å². The van der Waals surface area contributed by atoms with E-state index < -0.39 is 6.10 Å². The van der Waals surface area contributed by atoms with Gasteiger partial charge >= 0.3 is 0 Å². The van der Waals surface area contributed by atoms with Crippen molar-refractivity contribution in [2.45, 2.75) is 32.6 Å². The van der Waals surface area contributed by atoms with Crippen LogP contribution in [0.2, 0.25) is 0 Å². The van der Waals surface area contributed by atoms with Crippen LogP contribution < -0.4 is 0 Å². The van der Waals surface area contributed by atoms with Gasteiger partial charge in [0.25, 0.3) is 0 Å². The molecule has 2 aromatic heterocycles. The summed E-state index contributed by atoms with van der Waals surface area (Å²) in [5.41, 5.74) is 2.26. The van der Waals surface area contributed by atoms with Crippen LogP contribution in [0.15, 0.2) is 28.9 Å². The molecule has 120 valence electrons. The summed E-state index contributed by atoms with van der Waals surface area (Å²) in [5, 5.41) is 14.5. The lowest BCUT2D eigenvalue weighted by atomic mass is 10.1. The maximum Gasteiger partial charge on any atom is 0.129 e. The van der Waals surface area contributed by atoms with E-state index in [0.29, 0.717) is 25.8 Å². The number of aliphatic hydroxyl groups excluding tert-OH is 1. The van der Waals surface area contributed by atoms with Gasteiger partial charge in [-0.25, -0.2) is 0 Å². The lowest BCUT2D eigenvalue weighted by molar-refractivity contribution is -0.0167. The van der Waals surface area contributed by atoms with Crippen molar-refractivity contribution >= 4 is 0 Å². The van der Waals surface area contributed by atoms with Gasteiger partial charge in [-0.2, -0.15) is 5.10 Å². The van der Waals surface area contributed by atoms with Crippen molar-refractivity contribution in [3.8, 4) is 0 Å². The van der Waals surface area contributed by atoms with Crippen LogP contribution in [-0.2, 0) is 11.3 Å². The first kappa shape index (κ1) is 15.3. The van der Waals surface area contributed by atoms with Crippen LogP contribution in [0, 0.1) is 13.8 Å². The zero-order chi connectivity index (χ0) is 15.5. The fraction of sp³-hybridized carbons (Fsp3) is 0.562. The third-order valence-corrected chi connectivity index (χ3v) is 3.93. The van der Waals surface area contributed by atoms with Crippen LogP contribution in [0.25, 0.3) is 0 Å². The third-order valence-electron chi connectivity index (χ3n) is 3.93. The number of likely N-dealkylation sites (tertiary alicyclic amines) is 1. The first-order valence-corrected chi connectivity index (χ1v) is 7.65. The second-order valence-electron chi connectivity index (χ2n) is 5.99.